The first-order chi connectivity index (χ1) is 2.27. The first kappa shape index (κ1) is 4.85. The minimum Gasteiger partial charge on any atom is -0.213 e. The standard InChI is InChI=1S/C2H3FO2/c1-2(3)5-4/h2H,1H2. The van der Waals surface area contributed by atoms with Gasteiger partial charge in [-0.2, -0.15) is 4.89 Å². The third-order valence-electron chi connectivity index (χ3n) is 0.104. The summed E-state index contributed by atoms with van der Waals surface area (Å²) in [5.41, 5.74) is 0. The van der Waals surface area contributed by atoms with Crippen molar-refractivity contribution in [3.05, 3.63) is 6.92 Å². The molecule has 1 atom stereocenters. The van der Waals surface area contributed by atoms with Gasteiger partial charge in [0.15, 0.2) is 0 Å². The molecule has 0 aliphatic carbocycles. The summed E-state index contributed by atoms with van der Waals surface area (Å²) < 4.78 is 10.8. The molecule has 3 heteroatoms. The summed E-state index contributed by atoms with van der Waals surface area (Å²) in [5.74, 6) is 0. The van der Waals surface area contributed by atoms with Crippen LogP contribution in [0, 0.1) is 6.92 Å². The molecule has 0 rings (SSSR count). The van der Waals surface area contributed by atoms with E-state index in [1.165, 1.54) is 0 Å². The molecule has 0 aromatic rings. The summed E-state index contributed by atoms with van der Waals surface area (Å²) in [4.78, 5) is 2.72. The fourth-order valence-electron chi connectivity index (χ4n) is 0. The van der Waals surface area contributed by atoms with Gasteiger partial charge in [0.05, 0.1) is 0 Å². The minimum absolute atomic E-state index is 1.92. The van der Waals surface area contributed by atoms with Crippen molar-refractivity contribution in [1.29, 1.82) is 0 Å². The molecule has 0 saturated carbocycles. The van der Waals surface area contributed by atoms with E-state index in [1.54, 1.807) is 0 Å². The third-order valence-corrected chi connectivity index (χ3v) is 0.104. The Labute approximate surface area is 29.1 Å². The van der Waals surface area contributed by atoms with E-state index < -0.39 is 6.36 Å². The van der Waals surface area contributed by atoms with Gasteiger partial charge in [-0.05, 0) is 5.26 Å². The van der Waals surface area contributed by atoms with Gasteiger partial charge in [0.2, 0.25) is 6.36 Å². The highest BCUT2D eigenvalue weighted by Gasteiger charge is 1.89. The van der Waals surface area contributed by atoms with Crippen LogP contribution in [0.25, 0.3) is 0 Å². The van der Waals surface area contributed by atoms with Gasteiger partial charge in [-0.25, -0.2) is 4.39 Å². The molecule has 0 aromatic carbocycles. The van der Waals surface area contributed by atoms with Crippen LogP contribution in [0.2, 0.25) is 0 Å². The normalized spacial score (nSPS) is 15.0. The van der Waals surface area contributed by atoms with E-state index in [0.29, 0.717) is 0 Å². The van der Waals surface area contributed by atoms with E-state index >= 15 is 0 Å². The lowest BCUT2D eigenvalue weighted by Crippen LogP contribution is -1.91. The molecule has 1 unspecified atom stereocenters. The molecular weight excluding hydrogens is 75.0 g/mol. The lowest BCUT2D eigenvalue weighted by molar-refractivity contribution is -0.351. The van der Waals surface area contributed by atoms with Crippen LogP contribution in [0.1, 0.15) is 0 Å². The average Bonchev–Trinajstić information content (AvgIpc) is 1.38. The monoisotopic (exact) mass is 78.0 g/mol. The largest absolute Gasteiger partial charge is 0.234 e. The zero-order chi connectivity index (χ0) is 4.28. The number of hydrogen-bond acceptors (Lipinski definition) is 1. The maximum atomic E-state index is 10.8. The highest BCUT2D eigenvalue weighted by molar-refractivity contribution is 4.32. The van der Waals surface area contributed by atoms with E-state index in [9.17, 15) is 4.39 Å². The topological polar surface area (TPSA) is 29.1 Å². The van der Waals surface area contributed by atoms with Gasteiger partial charge < -0.3 is 0 Å². The van der Waals surface area contributed by atoms with Crippen molar-refractivity contribution in [1.82, 2.24) is 0 Å². The predicted octanol–water partition coefficient (Wildman–Crippen LogP) is 0.478. The Morgan fingerprint density at radius 1 is 2.00 bits per heavy atom. The maximum Gasteiger partial charge on any atom is 0.234 e. The smallest absolute Gasteiger partial charge is 0.213 e. The van der Waals surface area contributed by atoms with Gasteiger partial charge in [-0.3, -0.25) is 0 Å². The second-order valence-electron chi connectivity index (χ2n) is 0.506. The van der Waals surface area contributed by atoms with E-state index in [4.69, 9.17) is 5.26 Å². The van der Waals surface area contributed by atoms with Crippen LogP contribution in [0.15, 0.2) is 0 Å². The zero-order valence-electron chi connectivity index (χ0n) is 2.48. The molecule has 0 aliphatic heterocycles. The summed E-state index contributed by atoms with van der Waals surface area (Å²) in [6.07, 6.45) is -1.92. The van der Waals surface area contributed by atoms with Crippen molar-refractivity contribution in [3.63, 3.8) is 0 Å². The van der Waals surface area contributed by atoms with Gasteiger partial charge in [0.1, 0.15) is 0 Å². The third kappa shape index (κ3) is 3.85. The Balaban J connectivity index is 2.54. The van der Waals surface area contributed by atoms with Crippen molar-refractivity contribution in [3.8, 4) is 0 Å². The number of halogens is 1. The molecule has 30 valence electrons. The highest BCUT2D eigenvalue weighted by atomic mass is 19.1. The van der Waals surface area contributed by atoms with Crippen molar-refractivity contribution in [2.75, 3.05) is 0 Å². The van der Waals surface area contributed by atoms with Crippen LogP contribution >= 0.6 is 0 Å². The zero-order valence-corrected chi connectivity index (χ0v) is 2.48. The Morgan fingerprint density at radius 2 is 2.20 bits per heavy atom. The van der Waals surface area contributed by atoms with Crippen LogP contribution in [0.3, 0.4) is 0 Å². The van der Waals surface area contributed by atoms with Crippen molar-refractivity contribution < 1.29 is 14.5 Å². The Bertz CT molecular complexity index is 21.6. The quantitative estimate of drug-likeness (QED) is 0.331. The van der Waals surface area contributed by atoms with E-state index in [-0.39, 0.29) is 0 Å². The summed E-state index contributed by atoms with van der Waals surface area (Å²) in [6, 6.07) is 0. The van der Waals surface area contributed by atoms with Gasteiger partial charge >= 0.3 is 0 Å². The summed E-state index contributed by atoms with van der Waals surface area (Å²) in [7, 11) is 0. The first-order valence-electron chi connectivity index (χ1n) is 1.03. The maximum absolute atomic E-state index is 10.8. The van der Waals surface area contributed by atoms with Crippen molar-refractivity contribution >= 4 is 0 Å². The SMILES string of the molecule is [CH2]C(F)O[O]. The van der Waals surface area contributed by atoms with E-state index in [2.05, 4.69) is 11.8 Å². The van der Waals surface area contributed by atoms with Crippen LogP contribution < -0.4 is 0 Å². The number of hydrogen-bond donors (Lipinski definition) is 0. The Morgan fingerprint density at radius 3 is 2.20 bits per heavy atom. The highest BCUT2D eigenvalue weighted by Crippen LogP contribution is 1.82. The van der Waals surface area contributed by atoms with Crippen LogP contribution in [0.5, 0.6) is 0 Å². The molecule has 5 heavy (non-hydrogen) atoms. The molecule has 0 aliphatic rings. The summed E-state index contributed by atoms with van der Waals surface area (Å²) in [5, 5.41) is 8.69. The fourth-order valence-corrected chi connectivity index (χ4v) is 0. The summed E-state index contributed by atoms with van der Waals surface area (Å²) in [6.45, 7) is 2.56. The molecule has 0 bridgehead atoms. The molecule has 0 fully saturated rings. The second kappa shape index (κ2) is 2.11. The average molecular weight is 78.0 g/mol. The lowest BCUT2D eigenvalue weighted by atomic mass is 10.8. The molecule has 0 N–H and O–H groups in total. The van der Waals surface area contributed by atoms with Crippen molar-refractivity contribution in [2.24, 2.45) is 0 Å². The Kier molecular flexibility index (Phi) is 2.05. The van der Waals surface area contributed by atoms with E-state index in [1.807, 2.05) is 0 Å². The fraction of sp³-hybridized carbons (Fsp3) is 0.500. The Hall–Kier alpha value is -0.150. The van der Waals surface area contributed by atoms with Gasteiger partial charge in [0, 0.05) is 6.92 Å². The van der Waals surface area contributed by atoms with Gasteiger partial charge in [-0.1, -0.05) is 0 Å². The molecule has 0 saturated heterocycles. The summed E-state index contributed by atoms with van der Waals surface area (Å²) >= 11 is 0. The number of rotatable bonds is 1. The molecular formula is C2H3FO2. The molecule has 2 nitrogen and oxygen atoms in total. The molecule has 0 aromatic heterocycles. The first-order valence-corrected chi connectivity index (χ1v) is 1.03. The van der Waals surface area contributed by atoms with Gasteiger partial charge in [0.25, 0.3) is 0 Å². The van der Waals surface area contributed by atoms with E-state index in [0.717, 1.165) is 0 Å². The predicted molar refractivity (Wildman–Crippen MR) is 12.0 cm³/mol. The molecule has 2 radical (unpaired) electrons. The number of alkyl halides is 1. The second-order valence-corrected chi connectivity index (χ2v) is 0.506. The minimum atomic E-state index is -1.92. The van der Waals surface area contributed by atoms with Gasteiger partial charge in [-0.15, -0.1) is 0 Å². The lowest BCUT2D eigenvalue weighted by Gasteiger charge is -1.83. The van der Waals surface area contributed by atoms with Crippen molar-refractivity contribution in [2.45, 2.75) is 6.36 Å². The molecule has 0 amide bonds. The molecule has 0 heterocycles. The molecule has 0 spiro atoms. The van der Waals surface area contributed by atoms with Crippen LogP contribution in [-0.4, -0.2) is 6.36 Å². The van der Waals surface area contributed by atoms with Crippen LogP contribution in [0.4, 0.5) is 4.39 Å². The van der Waals surface area contributed by atoms with Crippen LogP contribution in [-0.2, 0) is 10.1 Å².